The molecule has 0 amide bonds. The van der Waals surface area contributed by atoms with Gasteiger partial charge in [0, 0.05) is 0 Å². The van der Waals surface area contributed by atoms with Crippen LogP contribution in [-0.4, -0.2) is 14.6 Å². The van der Waals surface area contributed by atoms with Gasteiger partial charge in [-0.15, -0.1) is 0 Å². The largest absolute Gasteiger partial charge is 0.441 e. The SMILES string of the molecule is CC(C)(C)OC#C[C@H](N[S@@](=O)C(C)(C)C)c1ccccc1. The molecule has 21 heavy (non-hydrogen) atoms. The van der Waals surface area contributed by atoms with Crippen LogP contribution in [0.1, 0.15) is 53.1 Å². The second-order valence-electron chi connectivity index (χ2n) is 6.80. The lowest BCUT2D eigenvalue weighted by Crippen LogP contribution is -2.35. The summed E-state index contributed by atoms with van der Waals surface area (Å²) in [5.41, 5.74) is 0.650. The quantitative estimate of drug-likeness (QED) is 0.867. The molecule has 0 aliphatic carbocycles. The van der Waals surface area contributed by atoms with Crippen molar-refractivity contribution in [3.63, 3.8) is 0 Å². The first-order valence-corrected chi connectivity index (χ1v) is 8.16. The van der Waals surface area contributed by atoms with Crippen molar-refractivity contribution in [2.45, 2.75) is 57.9 Å². The summed E-state index contributed by atoms with van der Waals surface area (Å²) >= 11 is 0. The van der Waals surface area contributed by atoms with E-state index in [9.17, 15) is 4.21 Å². The summed E-state index contributed by atoms with van der Waals surface area (Å²) in [6.07, 6.45) is 2.73. The van der Waals surface area contributed by atoms with Gasteiger partial charge in [-0.05, 0) is 53.0 Å². The van der Waals surface area contributed by atoms with Crippen LogP contribution >= 0.6 is 0 Å². The minimum absolute atomic E-state index is 0.322. The number of hydrogen-bond donors (Lipinski definition) is 1. The van der Waals surface area contributed by atoms with Crippen LogP contribution in [0.15, 0.2) is 30.3 Å². The molecule has 1 aromatic rings. The molecule has 0 radical (unpaired) electrons. The van der Waals surface area contributed by atoms with Crippen molar-refractivity contribution in [1.29, 1.82) is 0 Å². The Morgan fingerprint density at radius 3 is 2.14 bits per heavy atom. The fourth-order valence-corrected chi connectivity index (χ4v) is 2.11. The third-order valence-electron chi connectivity index (χ3n) is 2.47. The lowest BCUT2D eigenvalue weighted by Gasteiger charge is -2.22. The molecule has 0 unspecified atom stereocenters. The van der Waals surface area contributed by atoms with Crippen LogP contribution in [0.2, 0.25) is 0 Å². The van der Waals surface area contributed by atoms with Crippen molar-refractivity contribution in [3.05, 3.63) is 35.9 Å². The Morgan fingerprint density at radius 1 is 1.10 bits per heavy atom. The molecule has 0 aromatic heterocycles. The Labute approximate surface area is 131 Å². The lowest BCUT2D eigenvalue weighted by atomic mass is 10.1. The van der Waals surface area contributed by atoms with Gasteiger partial charge in [0.25, 0.3) is 0 Å². The molecular weight excluding hydrogens is 282 g/mol. The van der Waals surface area contributed by atoms with Crippen LogP contribution in [0, 0.1) is 12.0 Å². The predicted octanol–water partition coefficient (Wildman–Crippen LogP) is 3.56. The second-order valence-corrected chi connectivity index (χ2v) is 8.80. The van der Waals surface area contributed by atoms with Crippen molar-refractivity contribution in [2.24, 2.45) is 0 Å². The zero-order valence-electron chi connectivity index (χ0n) is 13.7. The monoisotopic (exact) mass is 307 g/mol. The van der Waals surface area contributed by atoms with Gasteiger partial charge in [-0.25, -0.2) is 8.93 Å². The molecule has 0 bridgehead atoms. The Hall–Kier alpha value is -1.31. The van der Waals surface area contributed by atoms with Gasteiger partial charge in [0.15, 0.2) is 0 Å². The van der Waals surface area contributed by atoms with Crippen LogP contribution in [-0.2, 0) is 15.7 Å². The maximum atomic E-state index is 12.3. The molecule has 2 atom stereocenters. The highest BCUT2D eigenvalue weighted by molar-refractivity contribution is 7.84. The third kappa shape index (κ3) is 6.79. The van der Waals surface area contributed by atoms with E-state index in [2.05, 4.69) is 16.7 Å². The summed E-state index contributed by atoms with van der Waals surface area (Å²) in [7, 11) is -1.20. The summed E-state index contributed by atoms with van der Waals surface area (Å²) in [4.78, 5) is 0. The Kier molecular flexibility index (Phi) is 6.00. The highest BCUT2D eigenvalue weighted by Gasteiger charge is 2.23. The van der Waals surface area contributed by atoms with Crippen LogP contribution in [0.4, 0.5) is 0 Å². The number of hydrogen-bond acceptors (Lipinski definition) is 2. The van der Waals surface area contributed by atoms with Crippen LogP contribution in [0.3, 0.4) is 0 Å². The molecule has 1 rings (SSSR count). The van der Waals surface area contributed by atoms with Crippen molar-refractivity contribution < 1.29 is 8.95 Å². The molecule has 0 saturated carbocycles. The highest BCUT2D eigenvalue weighted by atomic mass is 32.2. The predicted molar refractivity (Wildman–Crippen MR) is 88.8 cm³/mol. The maximum absolute atomic E-state index is 12.3. The number of benzene rings is 1. The smallest absolute Gasteiger partial charge is 0.112 e. The van der Waals surface area contributed by atoms with E-state index in [1.54, 1.807) is 0 Å². The minimum atomic E-state index is -1.20. The molecule has 0 aliphatic rings. The van der Waals surface area contributed by atoms with E-state index in [1.165, 1.54) is 0 Å². The van der Waals surface area contributed by atoms with E-state index in [0.717, 1.165) is 5.56 Å². The van der Waals surface area contributed by atoms with Gasteiger partial charge >= 0.3 is 0 Å². The van der Waals surface area contributed by atoms with E-state index >= 15 is 0 Å². The highest BCUT2D eigenvalue weighted by Crippen LogP contribution is 2.17. The van der Waals surface area contributed by atoms with E-state index in [4.69, 9.17) is 4.74 Å². The van der Waals surface area contributed by atoms with Gasteiger partial charge in [0.2, 0.25) is 0 Å². The normalized spacial score (nSPS) is 14.8. The lowest BCUT2D eigenvalue weighted by molar-refractivity contribution is 0.0960. The van der Waals surface area contributed by atoms with Crippen molar-refractivity contribution in [3.8, 4) is 12.0 Å². The fraction of sp³-hybridized carbons (Fsp3) is 0.529. The Bertz CT molecular complexity index is 530. The molecular formula is C17H25NO2S. The van der Waals surface area contributed by atoms with Crippen molar-refractivity contribution in [1.82, 2.24) is 4.72 Å². The van der Waals surface area contributed by atoms with Gasteiger partial charge in [-0.1, -0.05) is 30.3 Å². The van der Waals surface area contributed by atoms with E-state index in [1.807, 2.05) is 71.9 Å². The van der Waals surface area contributed by atoms with Crippen LogP contribution < -0.4 is 4.72 Å². The van der Waals surface area contributed by atoms with Crippen LogP contribution in [0.5, 0.6) is 0 Å². The molecule has 3 nitrogen and oxygen atoms in total. The zero-order chi connectivity index (χ0) is 16.1. The summed E-state index contributed by atoms with van der Waals surface area (Å²) in [6.45, 7) is 11.6. The summed E-state index contributed by atoms with van der Waals surface area (Å²) < 4.78 is 20.5. The maximum Gasteiger partial charge on any atom is 0.112 e. The summed E-state index contributed by atoms with van der Waals surface area (Å²) in [5.74, 6) is 3.02. The molecule has 116 valence electrons. The third-order valence-corrected chi connectivity index (χ3v) is 4.04. The molecule has 0 fully saturated rings. The average Bonchev–Trinajstić information content (AvgIpc) is 2.36. The first kappa shape index (κ1) is 17.7. The van der Waals surface area contributed by atoms with E-state index in [-0.39, 0.29) is 16.4 Å². The topological polar surface area (TPSA) is 38.3 Å². The van der Waals surface area contributed by atoms with Gasteiger partial charge in [0.1, 0.15) is 17.7 Å². The molecule has 0 aliphatic heterocycles. The molecule has 0 saturated heterocycles. The molecule has 1 aromatic carbocycles. The minimum Gasteiger partial charge on any atom is -0.441 e. The standard InChI is InChI=1S/C17H25NO2S/c1-16(2,3)20-13-12-15(14-10-8-7-9-11-14)18-21(19)17(4,5)6/h7-11,15,18H,1-6H3/t15-,21-/m0/s1. The van der Waals surface area contributed by atoms with Crippen molar-refractivity contribution in [2.75, 3.05) is 0 Å². The fourth-order valence-electron chi connectivity index (χ4n) is 1.35. The zero-order valence-corrected chi connectivity index (χ0v) is 14.5. The number of rotatable bonds is 3. The number of ether oxygens (including phenoxy) is 1. The number of nitrogens with one attached hydrogen (secondary N) is 1. The van der Waals surface area contributed by atoms with E-state index < -0.39 is 11.0 Å². The van der Waals surface area contributed by atoms with Gasteiger partial charge in [-0.2, -0.15) is 0 Å². The first-order chi connectivity index (χ1) is 9.59. The van der Waals surface area contributed by atoms with E-state index in [0.29, 0.717) is 0 Å². The Morgan fingerprint density at radius 2 is 1.67 bits per heavy atom. The average molecular weight is 307 g/mol. The second kappa shape index (κ2) is 7.11. The van der Waals surface area contributed by atoms with Gasteiger partial charge in [-0.3, -0.25) is 0 Å². The van der Waals surface area contributed by atoms with Gasteiger partial charge in [0.05, 0.1) is 15.7 Å². The molecule has 0 heterocycles. The first-order valence-electron chi connectivity index (χ1n) is 7.01. The molecule has 1 N–H and O–H groups in total. The summed E-state index contributed by atoms with van der Waals surface area (Å²) in [6, 6.07) is 9.42. The van der Waals surface area contributed by atoms with Gasteiger partial charge < -0.3 is 4.74 Å². The summed E-state index contributed by atoms with van der Waals surface area (Å²) in [5, 5.41) is 0. The molecule has 0 spiro atoms. The molecule has 4 heteroatoms. The van der Waals surface area contributed by atoms with Crippen LogP contribution in [0.25, 0.3) is 0 Å². The Balaban J connectivity index is 2.94. The van der Waals surface area contributed by atoms with Crippen molar-refractivity contribution >= 4 is 11.0 Å².